The Bertz CT molecular complexity index is 2530. The Morgan fingerprint density at radius 3 is 1.49 bits per heavy atom. The van der Waals surface area contributed by atoms with E-state index in [1.807, 2.05) is 0 Å². The van der Waals surface area contributed by atoms with Gasteiger partial charge in [-0.15, -0.1) is 0 Å². The van der Waals surface area contributed by atoms with Crippen molar-refractivity contribution >= 4 is 45.9 Å². The minimum atomic E-state index is 0. The van der Waals surface area contributed by atoms with E-state index in [9.17, 15) is 0 Å². The topological polar surface area (TPSA) is 57.4 Å². The van der Waals surface area contributed by atoms with Crippen LogP contribution in [0.5, 0.6) is 0 Å². The number of hydrogen-bond acceptors (Lipinski definition) is 2. The monoisotopic (exact) mass is 677 g/mol. The Morgan fingerprint density at radius 1 is 0.408 bits per heavy atom. The van der Waals surface area contributed by atoms with Crippen molar-refractivity contribution in [3.8, 4) is 33.4 Å². The first-order valence-electron chi connectivity index (χ1n) is 16.2. The van der Waals surface area contributed by atoms with Crippen LogP contribution in [0.25, 0.3) is 79.2 Å². The average molecular weight is 678 g/mol. The van der Waals surface area contributed by atoms with Crippen molar-refractivity contribution in [1.82, 2.24) is 19.9 Å². The van der Waals surface area contributed by atoms with Crippen molar-refractivity contribution in [1.29, 1.82) is 0 Å². The van der Waals surface area contributed by atoms with Gasteiger partial charge in [0.25, 0.3) is 0 Å². The summed E-state index contributed by atoms with van der Waals surface area (Å²) in [6.45, 7) is 0. The standard InChI is InChI=1S/C44H30N4.Cu/c1-5-13-29(14-6-1)38-27-37-26-35-22-21-33(45-35)25-34-23-24-36(46-34)28-39-40(30-15-7-2-8-16-30)41(31-17-9-3-10-18-31)44(48-39)42(43(38)47-37)32-19-11-4-12-20-32;/h1-28,45,48H;. The Hall–Kier alpha value is -6.00. The number of aromatic amines is 2. The quantitative estimate of drug-likeness (QED) is 0.182. The summed E-state index contributed by atoms with van der Waals surface area (Å²) in [4.78, 5) is 17.9. The SMILES string of the molecule is C1=Cc2cc3[nH]c(c(-c4ccccc4)c4nc(cc5ccc(cc1n2)[nH]5)C=C4c1ccccc1)c(-c1ccccc1)c3-c1ccccc1.[Cu]. The zero-order chi connectivity index (χ0) is 31.9. The van der Waals surface area contributed by atoms with E-state index in [1.54, 1.807) is 0 Å². The molecule has 0 fully saturated rings. The molecule has 2 aliphatic rings. The molecule has 0 unspecified atom stereocenters. The Kier molecular flexibility index (Phi) is 7.98. The predicted octanol–water partition coefficient (Wildman–Crippen LogP) is 11.1. The molecular formula is C44H30CuN4. The smallest absolute Gasteiger partial charge is 0.0815 e. The number of H-pyrrole nitrogens is 2. The van der Waals surface area contributed by atoms with Crippen LogP contribution < -0.4 is 0 Å². The summed E-state index contributed by atoms with van der Waals surface area (Å²) in [6.07, 6.45) is 6.35. The second kappa shape index (κ2) is 12.9. The molecule has 2 aliphatic heterocycles. The maximum absolute atomic E-state index is 5.42. The van der Waals surface area contributed by atoms with E-state index >= 15 is 0 Å². The Morgan fingerprint density at radius 2 is 0.898 bits per heavy atom. The average Bonchev–Trinajstić information content (AvgIpc) is 3.94. The zero-order valence-electron chi connectivity index (χ0n) is 26.4. The molecule has 1 radical (unpaired) electrons. The summed E-state index contributed by atoms with van der Waals surface area (Å²) in [5.41, 5.74) is 16.3. The summed E-state index contributed by atoms with van der Waals surface area (Å²) < 4.78 is 0. The van der Waals surface area contributed by atoms with Crippen LogP contribution in [0.2, 0.25) is 0 Å². The van der Waals surface area contributed by atoms with Crippen LogP contribution in [0, 0.1) is 0 Å². The molecule has 49 heavy (non-hydrogen) atoms. The molecule has 0 aliphatic carbocycles. The Labute approximate surface area is 295 Å². The van der Waals surface area contributed by atoms with E-state index in [1.165, 1.54) is 0 Å². The van der Waals surface area contributed by atoms with Crippen LogP contribution in [-0.2, 0) is 17.1 Å². The first-order chi connectivity index (χ1) is 23.8. The number of nitrogens with zero attached hydrogens (tertiary/aromatic N) is 2. The molecule has 2 N–H and O–H groups in total. The fourth-order valence-electron chi connectivity index (χ4n) is 6.78. The fourth-order valence-corrected chi connectivity index (χ4v) is 6.78. The van der Waals surface area contributed by atoms with E-state index in [0.29, 0.717) is 0 Å². The molecule has 9 rings (SSSR count). The molecule has 237 valence electrons. The maximum atomic E-state index is 5.42. The molecule has 0 spiro atoms. The largest absolute Gasteiger partial charge is 0.355 e. The number of benzene rings is 4. The van der Waals surface area contributed by atoms with E-state index in [2.05, 4.69) is 180 Å². The van der Waals surface area contributed by atoms with Crippen molar-refractivity contribution < 1.29 is 17.1 Å². The molecule has 4 nitrogen and oxygen atoms in total. The van der Waals surface area contributed by atoms with Gasteiger partial charge >= 0.3 is 0 Å². The first kappa shape index (κ1) is 30.3. The van der Waals surface area contributed by atoms with Gasteiger partial charge in [0.05, 0.1) is 28.3 Å². The molecule has 4 aromatic carbocycles. The first-order valence-corrected chi connectivity index (χ1v) is 16.2. The van der Waals surface area contributed by atoms with Crippen LogP contribution >= 0.6 is 0 Å². The summed E-state index contributed by atoms with van der Waals surface area (Å²) in [7, 11) is 0. The van der Waals surface area contributed by atoms with Crippen LogP contribution in [0.1, 0.15) is 28.3 Å². The van der Waals surface area contributed by atoms with Crippen LogP contribution in [0.15, 0.2) is 152 Å². The van der Waals surface area contributed by atoms with Crippen LogP contribution in [-0.4, -0.2) is 19.9 Å². The van der Waals surface area contributed by atoms with Gasteiger partial charge < -0.3 is 9.97 Å². The molecule has 0 saturated carbocycles. The van der Waals surface area contributed by atoms with Crippen molar-refractivity contribution in [3.63, 3.8) is 0 Å². The summed E-state index contributed by atoms with van der Waals surface area (Å²) in [5.74, 6) is 0. The number of rotatable bonds is 4. The molecule has 7 aromatic rings. The number of fused-ring (bicyclic) bond motifs is 8. The third-order valence-corrected chi connectivity index (χ3v) is 8.89. The minimum Gasteiger partial charge on any atom is -0.355 e. The summed E-state index contributed by atoms with van der Waals surface area (Å²) in [6, 6.07) is 53.0. The number of nitrogens with one attached hydrogen (secondary N) is 2. The van der Waals surface area contributed by atoms with E-state index in [0.717, 1.165) is 89.4 Å². The van der Waals surface area contributed by atoms with Gasteiger partial charge in [-0.05, 0) is 70.8 Å². The van der Waals surface area contributed by atoms with Crippen molar-refractivity contribution in [2.45, 2.75) is 0 Å². The van der Waals surface area contributed by atoms with Crippen LogP contribution in [0.4, 0.5) is 0 Å². The molecular weight excluding hydrogens is 648 g/mol. The summed E-state index contributed by atoms with van der Waals surface area (Å²) in [5, 5.41) is 0. The van der Waals surface area contributed by atoms with Gasteiger partial charge in [0, 0.05) is 55.9 Å². The number of aromatic nitrogens is 4. The predicted molar refractivity (Wildman–Crippen MR) is 200 cm³/mol. The molecule has 8 bridgehead atoms. The maximum Gasteiger partial charge on any atom is 0.0815 e. The normalized spacial score (nSPS) is 12.0. The second-order valence-corrected chi connectivity index (χ2v) is 12.0. The summed E-state index contributed by atoms with van der Waals surface area (Å²) >= 11 is 0. The molecule has 0 amide bonds. The minimum absolute atomic E-state index is 0. The van der Waals surface area contributed by atoms with Gasteiger partial charge in [-0.2, -0.15) is 0 Å². The second-order valence-electron chi connectivity index (χ2n) is 12.0. The van der Waals surface area contributed by atoms with Crippen molar-refractivity contribution in [2.75, 3.05) is 0 Å². The third-order valence-electron chi connectivity index (χ3n) is 8.89. The van der Waals surface area contributed by atoms with E-state index in [4.69, 9.17) is 9.97 Å². The van der Waals surface area contributed by atoms with Gasteiger partial charge in [-0.1, -0.05) is 121 Å². The fraction of sp³-hybridized carbons (Fsp3) is 0. The van der Waals surface area contributed by atoms with Gasteiger partial charge in [-0.3, -0.25) is 0 Å². The third kappa shape index (κ3) is 5.76. The van der Waals surface area contributed by atoms with Gasteiger partial charge in [0.1, 0.15) is 0 Å². The van der Waals surface area contributed by atoms with Gasteiger partial charge in [0.2, 0.25) is 0 Å². The zero-order valence-corrected chi connectivity index (χ0v) is 27.3. The Balaban J connectivity index is 0.00000348. The molecule has 3 aromatic heterocycles. The molecule has 0 saturated heterocycles. The van der Waals surface area contributed by atoms with E-state index < -0.39 is 0 Å². The molecule has 5 heterocycles. The van der Waals surface area contributed by atoms with Crippen molar-refractivity contribution in [2.24, 2.45) is 0 Å². The van der Waals surface area contributed by atoms with E-state index in [-0.39, 0.29) is 17.1 Å². The van der Waals surface area contributed by atoms with Crippen molar-refractivity contribution in [3.05, 3.63) is 180 Å². The van der Waals surface area contributed by atoms with Gasteiger partial charge in [-0.25, -0.2) is 9.97 Å². The number of hydrogen-bond donors (Lipinski definition) is 2. The van der Waals surface area contributed by atoms with Gasteiger partial charge in [0.15, 0.2) is 0 Å². The van der Waals surface area contributed by atoms with Crippen LogP contribution in [0.3, 0.4) is 0 Å². The molecule has 0 atom stereocenters. The molecule has 5 heteroatoms.